The third kappa shape index (κ3) is 3.24. The lowest BCUT2D eigenvalue weighted by molar-refractivity contribution is -0.142. The SMILES string of the molecule is COc1ccc(C2(C(=O)N3CC[C@H](C(=O)O)C3)CCCCC2)cc1OC. The molecule has 1 N–H and O–H groups in total. The number of nitrogens with zero attached hydrogens (tertiary/aromatic N) is 1. The van der Waals surface area contributed by atoms with Gasteiger partial charge in [-0.3, -0.25) is 9.59 Å². The lowest BCUT2D eigenvalue weighted by Crippen LogP contribution is -2.47. The van der Waals surface area contributed by atoms with Gasteiger partial charge in [-0.25, -0.2) is 0 Å². The van der Waals surface area contributed by atoms with Crippen LogP contribution in [0.1, 0.15) is 44.1 Å². The number of rotatable bonds is 5. The molecule has 1 heterocycles. The van der Waals surface area contributed by atoms with Crippen molar-refractivity contribution >= 4 is 11.9 Å². The van der Waals surface area contributed by atoms with Crippen LogP contribution in [0.3, 0.4) is 0 Å². The number of ether oxygens (including phenoxy) is 2. The topological polar surface area (TPSA) is 76.1 Å². The number of carbonyl (C=O) groups excluding carboxylic acids is 1. The van der Waals surface area contributed by atoms with Crippen LogP contribution in [0.5, 0.6) is 11.5 Å². The minimum Gasteiger partial charge on any atom is -0.493 e. The molecular weight excluding hydrogens is 334 g/mol. The van der Waals surface area contributed by atoms with E-state index in [1.807, 2.05) is 18.2 Å². The van der Waals surface area contributed by atoms with Crippen molar-refractivity contribution in [3.05, 3.63) is 23.8 Å². The van der Waals surface area contributed by atoms with E-state index in [4.69, 9.17) is 9.47 Å². The molecule has 0 aromatic heterocycles. The van der Waals surface area contributed by atoms with E-state index in [0.717, 1.165) is 37.7 Å². The average Bonchev–Trinajstić information content (AvgIpc) is 3.17. The summed E-state index contributed by atoms with van der Waals surface area (Å²) in [4.78, 5) is 26.5. The third-order valence-corrected chi connectivity index (χ3v) is 5.88. The molecule has 2 fully saturated rings. The van der Waals surface area contributed by atoms with Crippen molar-refractivity contribution in [1.82, 2.24) is 4.90 Å². The fourth-order valence-corrected chi connectivity index (χ4v) is 4.36. The minimum absolute atomic E-state index is 0.0631. The highest BCUT2D eigenvalue weighted by molar-refractivity contribution is 5.89. The van der Waals surface area contributed by atoms with Gasteiger partial charge in [0, 0.05) is 13.1 Å². The van der Waals surface area contributed by atoms with Gasteiger partial charge in [-0.15, -0.1) is 0 Å². The molecule has 26 heavy (non-hydrogen) atoms. The first kappa shape index (κ1) is 18.5. The summed E-state index contributed by atoms with van der Waals surface area (Å²) in [5, 5.41) is 9.26. The van der Waals surface area contributed by atoms with E-state index < -0.39 is 17.3 Å². The number of aliphatic carboxylic acids is 1. The first-order valence-corrected chi connectivity index (χ1v) is 9.26. The van der Waals surface area contributed by atoms with Gasteiger partial charge in [-0.05, 0) is 37.0 Å². The van der Waals surface area contributed by atoms with Crippen molar-refractivity contribution in [2.75, 3.05) is 27.3 Å². The zero-order valence-corrected chi connectivity index (χ0v) is 15.5. The van der Waals surface area contributed by atoms with Crippen LogP contribution >= 0.6 is 0 Å². The molecular formula is C20H27NO5. The second-order valence-electron chi connectivity index (χ2n) is 7.29. The van der Waals surface area contributed by atoms with Gasteiger partial charge in [0.05, 0.1) is 25.6 Å². The summed E-state index contributed by atoms with van der Waals surface area (Å²) in [6.07, 6.45) is 5.22. The van der Waals surface area contributed by atoms with Gasteiger partial charge in [0.15, 0.2) is 11.5 Å². The summed E-state index contributed by atoms with van der Waals surface area (Å²) in [7, 11) is 3.18. The maximum absolute atomic E-state index is 13.5. The predicted octanol–water partition coefficient (Wildman–Crippen LogP) is 2.84. The van der Waals surface area contributed by atoms with E-state index in [9.17, 15) is 14.7 Å². The Morgan fingerprint density at radius 3 is 2.38 bits per heavy atom. The van der Waals surface area contributed by atoms with E-state index in [1.54, 1.807) is 19.1 Å². The van der Waals surface area contributed by atoms with Crippen LogP contribution in [0.2, 0.25) is 0 Å². The van der Waals surface area contributed by atoms with Crippen LogP contribution in [0.25, 0.3) is 0 Å². The van der Waals surface area contributed by atoms with E-state index in [2.05, 4.69) is 0 Å². The molecule has 0 bridgehead atoms. The van der Waals surface area contributed by atoms with Crippen molar-refractivity contribution in [2.24, 2.45) is 5.92 Å². The van der Waals surface area contributed by atoms with Gasteiger partial charge in [0.25, 0.3) is 0 Å². The molecule has 1 aromatic rings. The quantitative estimate of drug-likeness (QED) is 0.873. The summed E-state index contributed by atoms with van der Waals surface area (Å²) >= 11 is 0. The van der Waals surface area contributed by atoms with Gasteiger partial charge < -0.3 is 19.5 Å². The number of carboxylic acid groups (broad SMARTS) is 1. The van der Waals surface area contributed by atoms with Crippen LogP contribution in [0.15, 0.2) is 18.2 Å². The molecule has 1 amide bonds. The number of amides is 1. The molecule has 1 atom stereocenters. The number of hydrogen-bond donors (Lipinski definition) is 1. The van der Waals surface area contributed by atoms with Crippen LogP contribution in [-0.2, 0) is 15.0 Å². The number of carboxylic acids is 1. The van der Waals surface area contributed by atoms with Crippen LogP contribution in [-0.4, -0.2) is 49.2 Å². The molecule has 2 aliphatic rings. The average molecular weight is 361 g/mol. The molecule has 1 aromatic carbocycles. The van der Waals surface area contributed by atoms with Gasteiger partial charge in [-0.2, -0.15) is 0 Å². The van der Waals surface area contributed by atoms with E-state index in [0.29, 0.717) is 31.0 Å². The normalized spacial score (nSPS) is 22.1. The maximum Gasteiger partial charge on any atom is 0.308 e. The van der Waals surface area contributed by atoms with Gasteiger partial charge in [-0.1, -0.05) is 25.3 Å². The Morgan fingerprint density at radius 1 is 1.12 bits per heavy atom. The van der Waals surface area contributed by atoms with Crippen molar-refractivity contribution < 1.29 is 24.2 Å². The molecule has 3 rings (SSSR count). The van der Waals surface area contributed by atoms with Crippen LogP contribution < -0.4 is 9.47 Å². The molecule has 1 saturated carbocycles. The molecule has 6 heteroatoms. The Bertz CT molecular complexity index is 681. The molecule has 1 aliphatic heterocycles. The number of likely N-dealkylation sites (tertiary alicyclic amines) is 1. The van der Waals surface area contributed by atoms with Crippen molar-refractivity contribution in [3.8, 4) is 11.5 Å². The highest BCUT2D eigenvalue weighted by Crippen LogP contribution is 2.44. The molecule has 0 radical (unpaired) electrons. The zero-order valence-electron chi connectivity index (χ0n) is 15.5. The van der Waals surface area contributed by atoms with Crippen LogP contribution in [0, 0.1) is 5.92 Å². The van der Waals surface area contributed by atoms with E-state index in [-0.39, 0.29) is 5.91 Å². The standard InChI is InChI=1S/C20H27NO5/c1-25-16-7-6-15(12-17(16)26-2)20(9-4-3-5-10-20)19(24)21-11-8-14(13-21)18(22)23/h6-7,12,14H,3-5,8-11,13H2,1-2H3,(H,22,23)/t14-/m0/s1. The molecule has 6 nitrogen and oxygen atoms in total. The maximum atomic E-state index is 13.5. The molecule has 0 spiro atoms. The predicted molar refractivity (Wildman–Crippen MR) is 96.6 cm³/mol. The highest BCUT2D eigenvalue weighted by Gasteiger charge is 2.46. The molecule has 0 unspecified atom stereocenters. The number of benzene rings is 1. The van der Waals surface area contributed by atoms with Gasteiger partial charge >= 0.3 is 5.97 Å². The summed E-state index contributed by atoms with van der Waals surface area (Å²) in [6.45, 7) is 0.827. The van der Waals surface area contributed by atoms with Crippen molar-refractivity contribution in [3.63, 3.8) is 0 Å². The van der Waals surface area contributed by atoms with Gasteiger partial charge in [0.1, 0.15) is 0 Å². The smallest absolute Gasteiger partial charge is 0.308 e. The Labute approximate surface area is 154 Å². The molecule has 1 aliphatic carbocycles. The molecule has 142 valence electrons. The monoisotopic (exact) mass is 361 g/mol. The Hall–Kier alpha value is -2.24. The summed E-state index contributed by atoms with van der Waals surface area (Å²) < 4.78 is 10.8. The first-order chi connectivity index (χ1) is 12.5. The third-order valence-electron chi connectivity index (χ3n) is 5.88. The Balaban J connectivity index is 1.94. The highest BCUT2D eigenvalue weighted by atomic mass is 16.5. The summed E-state index contributed by atoms with van der Waals surface area (Å²) in [5.41, 5.74) is 0.351. The number of hydrogen-bond acceptors (Lipinski definition) is 4. The zero-order chi connectivity index (χ0) is 18.7. The second kappa shape index (κ2) is 7.56. The minimum atomic E-state index is -0.816. The van der Waals surface area contributed by atoms with Gasteiger partial charge in [0.2, 0.25) is 5.91 Å². The fourth-order valence-electron chi connectivity index (χ4n) is 4.36. The Kier molecular flexibility index (Phi) is 5.39. The fraction of sp³-hybridized carbons (Fsp3) is 0.600. The second-order valence-corrected chi connectivity index (χ2v) is 7.29. The molecule has 1 saturated heterocycles. The van der Waals surface area contributed by atoms with Crippen molar-refractivity contribution in [2.45, 2.75) is 43.9 Å². The van der Waals surface area contributed by atoms with E-state index >= 15 is 0 Å². The number of methoxy groups -OCH3 is 2. The number of carbonyl (C=O) groups is 2. The van der Waals surface area contributed by atoms with Crippen molar-refractivity contribution in [1.29, 1.82) is 0 Å². The summed E-state index contributed by atoms with van der Waals surface area (Å²) in [6, 6.07) is 5.71. The summed E-state index contributed by atoms with van der Waals surface area (Å²) in [5.74, 6) is 0.0524. The Morgan fingerprint density at radius 2 is 1.81 bits per heavy atom. The largest absolute Gasteiger partial charge is 0.493 e. The lowest BCUT2D eigenvalue weighted by Gasteiger charge is -2.39. The first-order valence-electron chi connectivity index (χ1n) is 9.26. The van der Waals surface area contributed by atoms with E-state index in [1.165, 1.54) is 0 Å². The lowest BCUT2D eigenvalue weighted by atomic mass is 9.68. The van der Waals surface area contributed by atoms with Crippen LogP contribution in [0.4, 0.5) is 0 Å².